The Labute approximate surface area is 154 Å². The lowest BCUT2D eigenvalue weighted by Crippen LogP contribution is -2.30. The number of halogens is 1. The van der Waals surface area contributed by atoms with E-state index in [1.54, 1.807) is 12.1 Å². The molecule has 0 aromatic heterocycles. The van der Waals surface area contributed by atoms with Crippen molar-refractivity contribution in [2.24, 2.45) is 0 Å². The van der Waals surface area contributed by atoms with E-state index in [9.17, 15) is 4.79 Å². The van der Waals surface area contributed by atoms with Crippen molar-refractivity contribution in [2.75, 3.05) is 26.1 Å². The number of thiocarbonyl (C=S) groups is 1. The molecule has 0 aliphatic carbocycles. The van der Waals surface area contributed by atoms with Crippen LogP contribution < -0.4 is 20.1 Å². The van der Waals surface area contributed by atoms with Crippen molar-refractivity contribution < 1.29 is 19.4 Å². The van der Waals surface area contributed by atoms with Gasteiger partial charge in [-0.1, -0.05) is 39.3 Å². The molecule has 24 heavy (non-hydrogen) atoms. The van der Waals surface area contributed by atoms with Crippen molar-refractivity contribution >= 4 is 40.6 Å². The molecule has 1 rings (SSSR count). The monoisotopic (exact) mass is 378 g/mol. The molecule has 0 spiro atoms. The minimum absolute atomic E-state index is 0.0249. The standard InChI is InChI=1S/C12H15ClN2O4S.2C2H6/c1-18-9-6-8(10(19-2)5-7(9)13)15-12(20)14-4-3-11(16)17;2*1-2/h5-6H,3-4H2,1-2H3,(H,16,17)(H2,14,15,20);2*1-2H3. The largest absolute Gasteiger partial charge is 0.495 e. The number of benzene rings is 1. The highest BCUT2D eigenvalue weighted by Gasteiger charge is 2.11. The molecular formula is C16H27ClN2O4S. The van der Waals surface area contributed by atoms with Crippen LogP contribution in [0, 0.1) is 0 Å². The summed E-state index contributed by atoms with van der Waals surface area (Å²) < 4.78 is 10.3. The summed E-state index contributed by atoms with van der Waals surface area (Å²) in [5.74, 6) is 0.0764. The van der Waals surface area contributed by atoms with Gasteiger partial charge in [-0.25, -0.2) is 0 Å². The third-order valence-corrected chi connectivity index (χ3v) is 2.89. The number of methoxy groups -OCH3 is 2. The van der Waals surface area contributed by atoms with Crippen molar-refractivity contribution in [2.45, 2.75) is 34.1 Å². The Balaban J connectivity index is 0. The summed E-state index contributed by atoms with van der Waals surface area (Å²) in [5, 5.41) is 14.9. The van der Waals surface area contributed by atoms with Gasteiger partial charge in [-0.05, 0) is 12.2 Å². The number of rotatable bonds is 6. The quantitative estimate of drug-likeness (QED) is 0.641. The molecular weight excluding hydrogens is 352 g/mol. The zero-order valence-electron chi connectivity index (χ0n) is 15.0. The Hall–Kier alpha value is -1.73. The van der Waals surface area contributed by atoms with Crippen molar-refractivity contribution in [3.05, 3.63) is 17.2 Å². The number of aliphatic carboxylic acids is 1. The van der Waals surface area contributed by atoms with Crippen LogP contribution in [0.25, 0.3) is 0 Å². The van der Waals surface area contributed by atoms with E-state index in [2.05, 4.69) is 10.6 Å². The van der Waals surface area contributed by atoms with Gasteiger partial charge in [0, 0.05) is 18.7 Å². The van der Waals surface area contributed by atoms with Crippen LogP contribution in [0.1, 0.15) is 34.1 Å². The van der Waals surface area contributed by atoms with Crippen LogP contribution >= 0.6 is 23.8 Å². The minimum Gasteiger partial charge on any atom is -0.495 e. The van der Waals surface area contributed by atoms with Crippen molar-refractivity contribution in [3.8, 4) is 11.5 Å². The summed E-state index contributed by atoms with van der Waals surface area (Å²) in [6.45, 7) is 8.23. The predicted octanol–water partition coefficient (Wildman–Crippen LogP) is 4.17. The Morgan fingerprint density at radius 1 is 1.17 bits per heavy atom. The van der Waals surface area contributed by atoms with Crippen LogP contribution in [0.2, 0.25) is 5.02 Å². The van der Waals surface area contributed by atoms with Crippen molar-refractivity contribution in [1.29, 1.82) is 0 Å². The normalized spacial score (nSPS) is 8.62. The molecule has 6 nitrogen and oxygen atoms in total. The molecule has 0 bridgehead atoms. The number of carbonyl (C=O) groups is 1. The number of carboxylic acid groups (broad SMARTS) is 1. The Bertz CT molecular complexity index is 513. The molecule has 0 saturated heterocycles. The number of hydrogen-bond acceptors (Lipinski definition) is 4. The highest BCUT2D eigenvalue weighted by molar-refractivity contribution is 7.80. The van der Waals surface area contributed by atoms with E-state index in [4.69, 9.17) is 38.4 Å². The van der Waals surface area contributed by atoms with Gasteiger partial charge in [0.05, 0.1) is 31.4 Å². The number of anilines is 1. The smallest absolute Gasteiger partial charge is 0.305 e. The van der Waals surface area contributed by atoms with Gasteiger partial charge in [0.2, 0.25) is 0 Å². The number of ether oxygens (including phenoxy) is 2. The maximum absolute atomic E-state index is 10.4. The van der Waals surface area contributed by atoms with Gasteiger partial charge in [0.15, 0.2) is 5.11 Å². The lowest BCUT2D eigenvalue weighted by Gasteiger charge is -2.15. The van der Waals surface area contributed by atoms with Gasteiger partial charge >= 0.3 is 5.97 Å². The van der Waals surface area contributed by atoms with E-state index in [1.165, 1.54) is 14.2 Å². The van der Waals surface area contributed by atoms with Gasteiger partial charge in [0.25, 0.3) is 0 Å². The molecule has 0 aliphatic rings. The average molecular weight is 379 g/mol. The SMILES string of the molecule is CC.CC.COc1cc(NC(=S)NCCC(=O)O)c(OC)cc1Cl. The van der Waals surface area contributed by atoms with E-state index in [1.807, 2.05) is 27.7 Å². The minimum atomic E-state index is -0.897. The van der Waals surface area contributed by atoms with E-state index in [-0.39, 0.29) is 18.1 Å². The lowest BCUT2D eigenvalue weighted by atomic mass is 10.2. The summed E-state index contributed by atoms with van der Waals surface area (Å²) in [6.07, 6.45) is -0.0249. The lowest BCUT2D eigenvalue weighted by molar-refractivity contribution is -0.136. The van der Waals surface area contributed by atoms with Crippen LogP contribution in [-0.4, -0.2) is 37.0 Å². The molecule has 0 saturated carbocycles. The molecule has 1 aromatic carbocycles. The highest BCUT2D eigenvalue weighted by atomic mass is 35.5. The van der Waals surface area contributed by atoms with Gasteiger partial charge in [0.1, 0.15) is 11.5 Å². The Kier molecular flexibility index (Phi) is 15.2. The Morgan fingerprint density at radius 3 is 2.17 bits per heavy atom. The molecule has 0 fully saturated rings. The van der Waals surface area contributed by atoms with E-state index >= 15 is 0 Å². The maximum atomic E-state index is 10.4. The number of hydrogen-bond donors (Lipinski definition) is 3. The second-order valence-corrected chi connectivity index (χ2v) is 4.53. The van der Waals surface area contributed by atoms with E-state index in [0.29, 0.717) is 22.2 Å². The summed E-state index contributed by atoms with van der Waals surface area (Å²) in [6, 6.07) is 3.24. The molecule has 3 N–H and O–H groups in total. The fourth-order valence-electron chi connectivity index (χ4n) is 1.41. The zero-order valence-corrected chi connectivity index (χ0v) is 16.6. The van der Waals surface area contributed by atoms with Crippen LogP contribution in [0.5, 0.6) is 11.5 Å². The third kappa shape index (κ3) is 9.42. The summed E-state index contributed by atoms with van der Waals surface area (Å²) in [4.78, 5) is 10.4. The summed E-state index contributed by atoms with van der Waals surface area (Å²) >= 11 is 11.1. The van der Waals surface area contributed by atoms with Crippen LogP contribution in [0.4, 0.5) is 5.69 Å². The first-order valence-corrected chi connectivity index (χ1v) is 8.44. The van der Waals surface area contributed by atoms with Gasteiger partial charge < -0.3 is 25.2 Å². The predicted molar refractivity (Wildman–Crippen MR) is 104 cm³/mol. The summed E-state index contributed by atoms with van der Waals surface area (Å²) in [5.41, 5.74) is 0.571. The van der Waals surface area contributed by atoms with E-state index < -0.39 is 5.97 Å². The van der Waals surface area contributed by atoms with Gasteiger partial charge in [-0.3, -0.25) is 4.79 Å². The van der Waals surface area contributed by atoms with Crippen LogP contribution in [0.15, 0.2) is 12.1 Å². The molecule has 8 heteroatoms. The number of nitrogens with one attached hydrogen (secondary N) is 2. The zero-order chi connectivity index (χ0) is 19.1. The third-order valence-electron chi connectivity index (χ3n) is 2.35. The molecule has 0 aliphatic heterocycles. The molecule has 0 heterocycles. The Morgan fingerprint density at radius 2 is 1.71 bits per heavy atom. The van der Waals surface area contributed by atoms with Crippen LogP contribution in [-0.2, 0) is 4.79 Å². The molecule has 0 unspecified atom stereocenters. The second-order valence-electron chi connectivity index (χ2n) is 3.71. The van der Waals surface area contributed by atoms with Gasteiger partial charge in [-0.2, -0.15) is 0 Å². The highest BCUT2D eigenvalue weighted by Crippen LogP contribution is 2.35. The number of carboxylic acids is 1. The van der Waals surface area contributed by atoms with E-state index in [0.717, 1.165) is 0 Å². The fourth-order valence-corrected chi connectivity index (χ4v) is 1.85. The first-order chi connectivity index (χ1) is 11.5. The molecule has 0 radical (unpaired) electrons. The molecule has 138 valence electrons. The molecule has 1 aromatic rings. The van der Waals surface area contributed by atoms with Gasteiger partial charge in [-0.15, -0.1) is 0 Å². The second kappa shape index (κ2) is 14.8. The fraction of sp³-hybridized carbons (Fsp3) is 0.500. The van der Waals surface area contributed by atoms with Crippen molar-refractivity contribution in [1.82, 2.24) is 5.32 Å². The van der Waals surface area contributed by atoms with Crippen LogP contribution in [0.3, 0.4) is 0 Å². The first kappa shape index (κ1) is 24.5. The molecule has 0 amide bonds. The van der Waals surface area contributed by atoms with Crippen molar-refractivity contribution in [3.63, 3.8) is 0 Å². The molecule has 0 atom stereocenters. The first-order valence-electron chi connectivity index (χ1n) is 7.66. The summed E-state index contributed by atoms with van der Waals surface area (Å²) in [7, 11) is 3.01. The average Bonchev–Trinajstić information content (AvgIpc) is 2.59. The maximum Gasteiger partial charge on any atom is 0.305 e. The topological polar surface area (TPSA) is 79.8 Å².